The van der Waals surface area contributed by atoms with Gasteiger partial charge in [-0.2, -0.15) is 5.10 Å². The van der Waals surface area contributed by atoms with Crippen molar-refractivity contribution in [2.75, 3.05) is 26.4 Å². The van der Waals surface area contributed by atoms with Gasteiger partial charge in [-0.25, -0.2) is 0 Å². The van der Waals surface area contributed by atoms with E-state index >= 15 is 0 Å². The zero-order valence-corrected chi connectivity index (χ0v) is 14.6. The molecule has 0 radical (unpaired) electrons. The van der Waals surface area contributed by atoms with Crippen LogP contribution in [0.5, 0.6) is 11.5 Å². The number of nitrogens with zero attached hydrogens (tertiary/aromatic N) is 2. The number of ether oxygens (including phenoxy) is 3. The molecule has 6 nitrogen and oxygen atoms in total. The molecule has 1 fully saturated rings. The fourth-order valence-corrected chi connectivity index (χ4v) is 3.51. The van der Waals surface area contributed by atoms with Crippen molar-refractivity contribution in [3.8, 4) is 11.5 Å². The van der Waals surface area contributed by atoms with E-state index in [2.05, 4.69) is 35.7 Å². The number of aromatic nitrogens is 2. The summed E-state index contributed by atoms with van der Waals surface area (Å²) in [6, 6.07) is 6.15. The molecule has 1 saturated heterocycles. The summed E-state index contributed by atoms with van der Waals surface area (Å²) in [7, 11) is 0. The van der Waals surface area contributed by atoms with Gasteiger partial charge >= 0.3 is 0 Å². The molecule has 0 spiro atoms. The number of nitrogens with one attached hydrogen (secondary N) is 1. The second-order valence-corrected chi connectivity index (χ2v) is 6.58. The number of hydrogen-bond acceptors (Lipinski definition) is 5. The van der Waals surface area contributed by atoms with E-state index in [0.717, 1.165) is 44.2 Å². The molecule has 4 rings (SSSR count). The lowest BCUT2D eigenvalue weighted by Crippen LogP contribution is -2.24. The maximum absolute atomic E-state index is 5.96. The number of hydrogen-bond donors (Lipinski definition) is 1. The molecule has 2 aliphatic rings. The number of aryl methyl sites for hydroxylation is 1. The van der Waals surface area contributed by atoms with Crippen LogP contribution in [0.3, 0.4) is 0 Å². The van der Waals surface area contributed by atoms with Crippen molar-refractivity contribution >= 4 is 0 Å². The minimum absolute atomic E-state index is 0.146. The van der Waals surface area contributed by atoms with Gasteiger partial charge < -0.3 is 19.5 Å². The van der Waals surface area contributed by atoms with Gasteiger partial charge in [0.1, 0.15) is 13.2 Å². The van der Waals surface area contributed by atoms with Gasteiger partial charge in [-0.1, -0.05) is 6.07 Å². The van der Waals surface area contributed by atoms with Gasteiger partial charge in [0.15, 0.2) is 11.5 Å². The molecule has 6 heteroatoms. The Bertz CT molecular complexity index is 716. The van der Waals surface area contributed by atoms with Crippen LogP contribution in [0.2, 0.25) is 0 Å². The van der Waals surface area contributed by atoms with E-state index in [-0.39, 0.29) is 6.10 Å². The predicted octanol–water partition coefficient (Wildman–Crippen LogP) is 2.54. The minimum atomic E-state index is 0.146. The van der Waals surface area contributed by atoms with Crippen LogP contribution in [0.25, 0.3) is 0 Å². The molecule has 0 saturated carbocycles. The molecule has 134 valence electrons. The minimum Gasteiger partial charge on any atom is -0.486 e. The molecule has 1 aromatic carbocycles. The Balaban J connectivity index is 1.33. The van der Waals surface area contributed by atoms with Crippen molar-refractivity contribution in [3.63, 3.8) is 0 Å². The average molecular weight is 343 g/mol. The van der Waals surface area contributed by atoms with Gasteiger partial charge in [-0.05, 0) is 31.0 Å². The second kappa shape index (κ2) is 7.45. The summed E-state index contributed by atoms with van der Waals surface area (Å²) >= 11 is 0. The SMILES string of the molecule is CCn1cc([C@@H]2OCC[C@@H]2CNCc2ccc3c(c2)OCCO3)cn1. The molecule has 2 atom stereocenters. The summed E-state index contributed by atoms with van der Waals surface area (Å²) in [5.74, 6) is 2.17. The smallest absolute Gasteiger partial charge is 0.161 e. The third-order valence-corrected chi connectivity index (χ3v) is 4.86. The molecular weight excluding hydrogens is 318 g/mol. The topological polar surface area (TPSA) is 57.5 Å². The van der Waals surface area contributed by atoms with Crippen molar-refractivity contribution < 1.29 is 14.2 Å². The van der Waals surface area contributed by atoms with Crippen molar-refractivity contribution in [2.24, 2.45) is 5.92 Å². The summed E-state index contributed by atoms with van der Waals surface area (Å²) in [6.45, 7) is 6.79. The zero-order valence-electron chi connectivity index (χ0n) is 14.6. The Kier molecular flexibility index (Phi) is 4.90. The Morgan fingerprint density at radius 1 is 1.20 bits per heavy atom. The summed E-state index contributed by atoms with van der Waals surface area (Å²) < 4.78 is 19.1. The number of rotatable bonds is 6. The molecule has 0 amide bonds. The van der Waals surface area contributed by atoms with Crippen LogP contribution < -0.4 is 14.8 Å². The summed E-state index contributed by atoms with van der Waals surface area (Å²) in [6.07, 6.45) is 5.26. The van der Waals surface area contributed by atoms with Crippen LogP contribution in [-0.2, 0) is 17.8 Å². The lowest BCUT2D eigenvalue weighted by molar-refractivity contribution is 0.0903. The Morgan fingerprint density at radius 3 is 2.92 bits per heavy atom. The third-order valence-electron chi connectivity index (χ3n) is 4.86. The van der Waals surface area contributed by atoms with Crippen molar-refractivity contribution in [3.05, 3.63) is 41.7 Å². The average Bonchev–Trinajstić information content (AvgIpc) is 3.30. The molecule has 2 aliphatic heterocycles. The maximum atomic E-state index is 5.96. The second-order valence-electron chi connectivity index (χ2n) is 6.58. The lowest BCUT2D eigenvalue weighted by atomic mass is 9.97. The quantitative estimate of drug-likeness (QED) is 0.873. The van der Waals surface area contributed by atoms with Gasteiger partial charge in [0.25, 0.3) is 0 Å². The highest BCUT2D eigenvalue weighted by atomic mass is 16.6. The molecule has 0 bridgehead atoms. The fraction of sp³-hybridized carbons (Fsp3) is 0.526. The summed E-state index contributed by atoms with van der Waals surface area (Å²) in [5.41, 5.74) is 2.39. The Hall–Kier alpha value is -2.05. The predicted molar refractivity (Wildman–Crippen MR) is 93.8 cm³/mol. The van der Waals surface area contributed by atoms with Crippen LogP contribution in [0.15, 0.2) is 30.6 Å². The van der Waals surface area contributed by atoms with Gasteiger partial charge in [0, 0.05) is 43.9 Å². The first kappa shape index (κ1) is 16.4. The van der Waals surface area contributed by atoms with E-state index in [1.54, 1.807) is 0 Å². The van der Waals surface area contributed by atoms with Crippen molar-refractivity contribution in [1.29, 1.82) is 0 Å². The standard InChI is InChI=1S/C19H25N3O3/c1-2-22-13-16(12-21-22)19-15(5-6-25-19)11-20-10-14-3-4-17-18(9-14)24-8-7-23-17/h3-4,9,12-13,15,19-20H,2,5-8,10-11H2,1H3/t15-,19-/m1/s1. The lowest BCUT2D eigenvalue weighted by Gasteiger charge is -2.20. The maximum Gasteiger partial charge on any atom is 0.161 e. The molecule has 25 heavy (non-hydrogen) atoms. The molecular formula is C19H25N3O3. The van der Waals surface area contributed by atoms with E-state index in [1.807, 2.05) is 16.9 Å². The van der Waals surface area contributed by atoms with E-state index in [0.29, 0.717) is 19.1 Å². The normalized spacial score (nSPS) is 22.3. The van der Waals surface area contributed by atoms with Crippen LogP contribution in [-0.4, -0.2) is 36.1 Å². The summed E-state index contributed by atoms with van der Waals surface area (Å²) in [5, 5.41) is 7.94. The fourth-order valence-electron chi connectivity index (χ4n) is 3.51. The van der Waals surface area contributed by atoms with Crippen molar-refractivity contribution in [1.82, 2.24) is 15.1 Å². The molecule has 0 unspecified atom stereocenters. The number of benzene rings is 1. The highest BCUT2D eigenvalue weighted by Gasteiger charge is 2.30. The molecule has 1 N–H and O–H groups in total. The highest BCUT2D eigenvalue weighted by Crippen LogP contribution is 2.34. The Labute approximate surface area is 148 Å². The molecule has 0 aliphatic carbocycles. The van der Waals surface area contributed by atoms with Gasteiger partial charge in [-0.3, -0.25) is 4.68 Å². The van der Waals surface area contributed by atoms with E-state index in [1.165, 1.54) is 11.1 Å². The highest BCUT2D eigenvalue weighted by molar-refractivity contribution is 5.43. The zero-order chi connectivity index (χ0) is 17.1. The van der Waals surface area contributed by atoms with Crippen LogP contribution in [0, 0.1) is 5.92 Å². The van der Waals surface area contributed by atoms with E-state index in [4.69, 9.17) is 14.2 Å². The summed E-state index contributed by atoms with van der Waals surface area (Å²) in [4.78, 5) is 0. The largest absolute Gasteiger partial charge is 0.486 e. The molecule has 1 aromatic heterocycles. The third kappa shape index (κ3) is 3.65. The van der Waals surface area contributed by atoms with Gasteiger partial charge in [-0.15, -0.1) is 0 Å². The van der Waals surface area contributed by atoms with Crippen LogP contribution >= 0.6 is 0 Å². The van der Waals surface area contributed by atoms with Crippen molar-refractivity contribution in [2.45, 2.75) is 32.5 Å². The first-order valence-electron chi connectivity index (χ1n) is 9.06. The van der Waals surface area contributed by atoms with Gasteiger partial charge in [0.2, 0.25) is 0 Å². The van der Waals surface area contributed by atoms with E-state index < -0.39 is 0 Å². The Morgan fingerprint density at radius 2 is 2.08 bits per heavy atom. The first-order valence-corrected chi connectivity index (χ1v) is 9.06. The van der Waals surface area contributed by atoms with Crippen LogP contribution in [0.4, 0.5) is 0 Å². The van der Waals surface area contributed by atoms with Crippen LogP contribution in [0.1, 0.15) is 30.6 Å². The molecule has 2 aromatic rings. The number of fused-ring (bicyclic) bond motifs is 1. The molecule has 3 heterocycles. The first-order chi connectivity index (χ1) is 12.3. The van der Waals surface area contributed by atoms with Gasteiger partial charge in [0.05, 0.1) is 12.3 Å². The monoisotopic (exact) mass is 343 g/mol. The van der Waals surface area contributed by atoms with E-state index in [9.17, 15) is 0 Å².